The van der Waals surface area contributed by atoms with Crippen LogP contribution in [0.5, 0.6) is 0 Å². The van der Waals surface area contributed by atoms with E-state index in [2.05, 4.69) is 15.2 Å². The van der Waals surface area contributed by atoms with Crippen LogP contribution in [0, 0.1) is 5.92 Å². The van der Waals surface area contributed by atoms with E-state index >= 15 is 0 Å². The molecule has 2 atom stereocenters. The Kier molecular flexibility index (Phi) is 4.88. The quantitative estimate of drug-likeness (QED) is 0.909. The Morgan fingerprint density at radius 1 is 1.43 bits per heavy atom. The summed E-state index contributed by atoms with van der Waals surface area (Å²) in [6.07, 6.45) is 3.82. The molecule has 2 unspecified atom stereocenters. The van der Waals surface area contributed by atoms with Crippen LogP contribution in [0.25, 0.3) is 10.9 Å². The van der Waals surface area contributed by atoms with Gasteiger partial charge < -0.3 is 10.4 Å². The van der Waals surface area contributed by atoms with E-state index in [0.717, 1.165) is 42.5 Å². The van der Waals surface area contributed by atoms with Crippen LogP contribution in [0.1, 0.15) is 19.8 Å². The van der Waals surface area contributed by atoms with Crippen LogP contribution in [0.3, 0.4) is 0 Å². The number of likely N-dealkylation sites (tertiary alicyclic amines) is 1. The smallest absolute Gasteiger partial charge is 0.241 e. The van der Waals surface area contributed by atoms with Crippen molar-refractivity contribution in [1.82, 2.24) is 9.88 Å². The molecule has 23 heavy (non-hydrogen) atoms. The van der Waals surface area contributed by atoms with Crippen LogP contribution >= 0.6 is 0 Å². The summed E-state index contributed by atoms with van der Waals surface area (Å²) in [6, 6.07) is 9.37. The molecule has 3 rings (SSSR count). The number of benzene rings is 1. The highest BCUT2D eigenvalue weighted by atomic mass is 16.3. The second kappa shape index (κ2) is 7.06. The van der Waals surface area contributed by atoms with Gasteiger partial charge in [0.2, 0.25) is 5.91 Å². The Morgan fingerprint density at radius 3 is 3.13 bits per heavy atom. The number of aliphatic hydroxyl groups is 1. The van der Waals surface area contributed by atoms with Crippen molar-refractivity contribution in [3.63, 3.8) is 0 Å². The van der Waals surface area contributed by atoms with Crippen molar-refractivity contribution in [3.05, 3.63) is 36.5 Å². The van der Waals surface area contributed by atoms with Gasteiger partial charge in [-0.1, -0.05) is 6.07 Å². The first kappa shape index (κ1) is 15.9. The Labute approximate surface area is 136 Å². The minimum atomic E-state index is -0.212. The Balaban J connectivity index is 1.73. The molecule has 1 aliphatic rings. The minimum Gasteiger partial charge on any atom is -0.396 e. The summed E-state index contributed by atoms with van der Waals surface area (Å²) in [4.78, 5) is 19.1. The average Bonchev–Trinajstić information content (AvgIpc) is 2.61. The van der Waals surface area contributed by atoms with Crippen molar-refractivity contribution in [1.29, 1.82) is 0 Å². The molecule has 1 saturated heterocycles. The number of anilines is 1. The molecular formula is C18H23N3O2. The predicted octanol–water partition coefficient (Wildman–Crippen LogP) is 2.27. The van der Waals surface area contributed by atoms with Crippen LogP contribution in [-0.4, -0.2) is 46.6 Å². The maximum Gasteiger partial charge on any atom is 0.241 e. The third-order valence-corrected chi connectivity index (χ3v) is 4.64. The van der Waals surface area contributed by atoms with Gasteiger partial charge in [-0.15, -0.1) is 0 Å². The molecule has 2 aromatic rings. The number of carbonyl (C=O) groups excluding carboxylic acids is 1. The summed E-state index contributed by atoms with van der Waals surface area (Å²) in [5.41, 5.74) is 1.67. The van der Waals surface area contributed by atoms with E-state index < -0.39 is 0 Å². The first-order valence-electron chi connectivity index (χ1n) is 8.18. The average molecular weight is 313 g/mol. The molecule has 1 amide bonds. The lowest BCUT2D eigenvalue weighted by molar-refractivity contribution is -0.121. The third kappa shape index (κ3) is 3.51. The zero-order valence-electron chi connectivity index (χ0n) is 13.4. The number of amides is 1. The first-order valence-corrected chi connectivity index (χ1v) is 8.18. The maximum atomic E-state index is 12.6. The SMILES string of the molecule is CC(C(=O)Nc1cccc2ncccc12)N1CCCC(CO)C1. The molecule has 1 fully saturated rings. The fraction of sp³-hybridized carbons (Fsp3) is 0.444. The molecule has 0 bridgehead atoms. The van der Waals surface area contributed by atoms with Crippen molar-refractivity contribution in [2.24, 2.45) is 5.92 Å². The zero-order valence-corrected chi connectivity index (χ0v) is 13.4. The highest BCUT2D eigenvalue weighted by molar-refractivity contribution is 6.02. The fourth-order valence-corrected chi connectivity index (χ4v) is 3.21. The van der Waals surface area contributed by atoms with Crippen molar-refractivity contribution >= 4 is 22.5 Å². The van der Waals surface area contributed by atoms with Crippen molar-refractivity contribution in [2.45, 2.75) is 25.8 Å². The molecule has 5 heteroatoms. The van der Waals surface area contributed by atoms with Gasteiger partial charge >= 0.3 is 0 Å². The van der Waals surface area contributed by atoms with Crippen LogP contribution in [0.15, 0.2) is 36.5 Å². The van der Waals surface area contributed by atoms with Crippen LogP contribution in [-0.2, 0) is 4.79 Å². The van der Waals surface area contributed by atoms with Crippen molar-refractivity contribution in [3.8, 4) is 0 Å². The van der Waals surface area contributed by atoms with Crippen LogP contribution in [0.4, 0.5) is 5.69 Å². The van der Waals surface area contributed by atoms with Crippen molar-refractivity contribution < 1.29 is 9.90 Å². The Bertz CT molecular complexity index is 684. The number of aromatic nitrogens is 1. The Hall–Kier alpha value is -1.98. The lowest BCUT2D eigenvalue weighted by atomic mass is 9.97. The molecule has 0 saturated carbocycles. The number of nitrogens with one attached hydrogen (secondary N) is 1. The minimum absolute atomic E-state index is 0.0139. The molecular weight excluding hydrogens is 290 g/mol. The van der Waals surface area contributed by atoms with E-state index in [0.29, 0.717) is 0 Å². The number of hydrogen-bond donors (Lipinski definition) is 2. The summed E-state index contributed by atoms with van der Waals surface area (Å²) in [7, 11) is 0. The molecule has 1 aromatic carbocycles. The number of rotatable bonds is 4. The fourth-order valence-electron chi connectivity index (χ4n) is 3.21. The van der Waals surface area contributed by atoms with Gasteiger partial charge in [0.25, 0.3) is 0 Å². The van der Waals surface area contributed by atoms with E-state index in [-0.39, 0.29) is 24.5 Å². The molecule has 0 spiro atoms. The second-order valence-corrected chi connectivity index (χ2v) is 6.23. The summed E-state index contributed by atoms with van der Waals surface area (Å²) in [6.45, 7) is 3.81. The van der Waals surface area contributed by atoms with E-state index in [9.17, 15) is 9.90 Å². The maximum absolute atomic E-state index is 12.6. The van der Waals surface area contributed by atoms with Crippen LogP contribution in [0.2, 0.25) is 0 Å². The van der Waals surface area contributed by atoms with E-state index in [1.165, 1.54) is 0 Å². The highest BCUT2D eigenvalue weighted by Gasteiger charge is 2.27. The van der Waals surface area contributed by atoms with E-state index in [1.807, 2.05) is 37.3 Å². The van der Waals surface area contributed by atoms with Crippen LogP contribution < -0.4 is 5.32 Å². The number of piperidine rings is 1. The molecule has 2 N–H and O–H groups in total. The molecule has 1 aromatic heterocycles. The highest BCUT2D eigenvalue weighted by Crippen LogP contribution is 2.23. The molecule has 5 nitrogen and oxygen atoms in total. The van der Waals surface area contributed by atoms with Crippen molar-refractivity contribution in [2.75, 3.05) is 25.0 Å². The first-order chi connectivity index (χ1) is 11.2. The number of hydrogen-bond acceptors (Lipinski definition) is 4. The van der Waals surface area contributed by atoms with Gasteiger partial charge in [-0.05, 0) is 56.5 Å². The van der Waals surface area contributed by atoms with E-state index in [1.54, 1.807) is 6.20 Å². The summed E-state index contributed by atoms with van der Waals surface area (Å²) >= 11 is 0. The zero-order chi connectivity index (χ0) is 16.2. The summed E-state index contributed by atoms with van der Waals surface area (Å²) in [5.74, 6) is 0.265. The molecule has 2 heterocycles. The number of carbonyl (C=O) groups is 1. The van der Waals surface area contributed by atoms with Gasteiger partial charge in [-0.2, -0.15) is 0 Å². The number of pyridine rings is 1. The molecule has 0 radical (unpaired) electrons. The molecule has 1 aliphatic heterocycles. The predicted molar refractivity (Wildman–Crippen MR) is 91.2 cm³/mol. The number of fused-ring (bicyclic) bond motifs is 1. The van der Waals surface area contributed by atoms with Gasteiger partial charge in [0, 0.05) is 24.7 Å². The van der Waals surface area contributed by atoms with Gasteiger partial charge in [0.15, 0.2) is 0 Å². The second-order valence-electron chi connectivity index (χ2n) is 6.23. The summed E-state index contributed by atoms with van der Waals surface area (Å²) in [5, 5.41) is 13.3. The number of aliphatic hydroxyl groups excluding tert-OH is 1. The lowest BCUT2D eigenvalue weighted by Gasteiger charge is -2.35. The molecule has 122 valence electrons. The normalized spacial score (nSPS) is 20.3. The monoisotopic (exact) mass is 313 g/mol. The van der Waals surface area contributed by atoms with Gasteiger partial charge in [0.05, 0.1) is 17.2 Å². The Morgan fingerprint density at radius 2 is 2.30 bits per heavy atom. The lowest BCUT2D eigenvalue weighted by Crippen LogP contribution is -2.47. The molecule has 0 aliphatic carbocycles. The summed E-state index contributed by atoms with van der Waals surface area (Å²) < 4.78 is 0. The van der Waals surface area contributed by atoms with Gasteiger partial charge in [-0.3, -0.25) is 14.7 Å². The largest absolute Gasteiger partial charge is 0.396 e. The third-order valence-electron chi connectivity index (χ3n) is 4.64. The topological polar surface area (TPSA) is 65.5 Å². The van der Waals surface area contributed by atoms with E-state index in [4.69, 9.17) is 0 Å². The van der Waals surface area contributed by atoms with Gasteiger partial charge in [-0.25, -0.2) is 0 Å². The van der Waals surface area contributed by atoms with Gasteiger partial charge in [0.1, 0.15) is 0 Å². The standard InChI is InChI=1S/C18H23N3O2/c1-13(21-10-4-5-14(11-21)12-22)18(23)20-17-8-2-7-16-15(17)6-3-9-19-16/h2-3,6-9,13-14,22H,4-5,10-12H2,1H3,(H,20,23). The number of nitrogens with zero attached hydrogens (tertiary/aromatic N) is 2.